The monoisotopic (exact) mass is 224 g/mol. The van der Waals surface area contributed by atoms with Crippen LogP contribution in [0.2, 0.25) is 0 Å². The maximum Gasteiger partial charge on any atom is 0.365 e. The first-order valence-corrected chi connectivity index (χ1v) is 5.17. The molecule has 88 valence electrons. The maximum absolute atomic E-state index is 10.9. The van der Waals surface area contributed by atoms with Crippen molar-refractivity contribution in [2.75, 3.05) is 13.2 Å². The van der Waals surface area contributed by atoms with E-state index < -0.39 is 6.03 Å². The van der Waals surface area contributed by atoms with Crippen molar-refractivity contribution < 1.29 is 9.53 Å². The van der Waals surface area contributed by atoms with Crippen molar-refractivity contribution in [2.24, 2.45) is 15.2 Å². The first kappa shape index (κ1) is 12.5. The highest BCUT2D eigenvalue weighted by Crippen LogP contribution is 2.03. The van der Waals surface area contributed by atoms with Crippen LogP contribution in [0.3, 0.4) is 0 Å². The number of amides is 2. The fraction of sp³-hybridized carbons (Fsp3) is 0.600. The SMILES string of the molecule is C=C1N=NC(=O)NC1=NCCCOC(C)C. The van der Waals surface area contributed by atoms with Crippen molar-refractivity contribution in [3.63, 3.8) is 0 Å². The summed E-state index contributed by atoms with van der Waals surface area (Å²) >= 11 is 0. The normalized spacial score (nSPS) is 18.3. The van der Waals surface area contributed by atoms with E-state index in [1.807, 2.05) is 13.8 Å². The van der Waals surface area contributed by atoms with E-state index in [0.29, 0.717) is 24.7 Å². The van der Waals surface area contributed by atoms with Gasteiger partial charge in [-0.15, -0.1) is 5.11 Å². The summed E-state index contributed by atoms with van der Waals surface area (Å²) < 4.78 is 5.36. The van der Waals surface area contributed by atoms with Crippen LogP contribution in [0.5, 0.6) is 0 Å². The van der Waals surface area contributed by atoms with Gasteiger partial charge in [0, 0.05) is 13.2 Å². The number of nitrogens with one attached hydrogen (secondary N) is 1. The summed E-state index contributed by atoms with van der Waals surface area (Å²) in [4.78, 5) is 15.0. The molecule has 1 aliphatic heterocycles. The summed E-state index contributed by atoms with van der Waals surface area (Å²) in [5.41, 5.74) is 0.379. The molecule has 6 heteroatoms. The number of carbonyl (C=O) groups excluding carboxylic acids is 1. The Hall–Kier alpha value is -1.56. The second-order valence-electron chi connectivity index (χ2n) is 3.58. The van der Waals surface area contributed by atoms with Gasteiger partial charge in [-0.25, -0.2) is 4.79 Å². The van der Waals surface area contributed by atoms with Crippen LogP contribution in [0.15, 0.2) is 27.5 Å². The number of azo groups is 1. The lowest BCUT2D eigenvalue weighted by molar-refractivity contribution is 0.0783. The average molecular weight is 224 g/mol. The van der Waals surface area contributed by atoms with E-state index >= 15 is 0 Å². The molecule has 0 radical (unpaired) electrons. The van der Waals surface area contributed by atoms with Crippen molar-refractivity contribution in [1.29, 1.82) is 0 Å². The Labute approximate surface area is 94.5 Å². The third kappa shape index (κ3) is 4.31. The number of carbonyl (C=O) groups is 1. The molecule has 1 heterocycles. The zero-order valence-electron chi connectivity index (χ0n) is 9.56. The third-order valence-electron chi connectivity index (χ3n) is 1.78. The lowest BCUT2D eigenvalue weighted by Crippen LogP contribution is -2.31. The van der Waals surface area contributed by atoms with Crippen LogP contribution < -0.4 is 5.32 Å². The fourth-order valence-electron chi connectivity index (χ4n) is 1.06. The van der Waals surface area contributed by atoms with Gasteiger partial charge in [0.1, 0.15) is 5.70 Å². The molecule has 0 aliphatic carbocycles. The van der Waals surface area contributed by atoms with Gasteiger partial charge in [-0.05, 0) is 20.3 Å². The summed E-state index contributed by atoms with van der Waals surface area (Å²) in [5.74, 6) is 0.393. The van der Waals surface area contributed by atoms with Gasteiger partial charge in [-0.2, -0.15) is 0 Å². The number of ether oxygens (including phenoxy) is 1. The minimum atomic E-state index is -0.510. The first-order chi connectivity index (χ1) is 7.59. The molecule has 0 aromatic rings. The van der Waals surface area contributed by atoms with Crippen LogP contribution >= 0.6 is 0 Å². The van der Waals surface area contributed by atoms with Crippen LogP contribution in [-0.4, -0.2) is 31.1 Å². The predicted octanol–water partition coefficient (Wildman–Crippen LogP) is 1.89. The first-order valence-electron chi connectivity index (χ1n) is 5.17. The molecule has 0 spiro atoms. The topological polar surface area (TPSA) is 75.4 Å². The molecule has 6 nitrogen and oxygen atoms in total. The van der Waals surface area contributed by atoms with Gasteiger partial charge >= 0.3 is 6.03 Å². The van der Waals surface area contributed by atoms with E-state index in [1.165, 1.54) is 0 Å². The minimum Gasteiger partial charge on any atom is -0.379 e. The molecule has 0 saturated carbocycles. The molecule has 0 aromatic heterocycles. The Kier molecular flexibility index (Phi) is 4.78. The molecule has 0 bridgehead atoms. The molecular formula is C10H16N4O2. The largest absolute Gasteiger partial charge is 0.379 e. The molecule has 0 unspecified atom stereocenters. The quantitative estimate of drug-likeness (QED) is 0.724. The summed E-state index contributed by atoms with van der Waals surface area (Å²) in [5, 5.41) is 9.35. The summed E-state index contributed by atoms with van der Waals surface area (Å²) in [6, 6.07) is -0.510. The predicted molar refractivity (Wildman–Crippen MR) is 60.5 cm³/mol. The number of rotatable bonds is 5. The van der Waals surface area contributed by atoms with Crippen LogP contribution in [0.1, 0.15) is 20.3 Å². The van der Waals surface area contributed by atoms with Gasteiger partial charge in [-0.3, -0.25) is 10.3 Å². The van der Waals surface area contributed by atoms with Gasteiger partial charge in [-0.1, -0.05) is 11.7 Å². The van der Waals surface area contributed by atoms with E-state index in [4.69, 9.17) is 4.74 Å². The van der Waals surface area contributed by atoms with Crippen molar-refractivity contribution in [3.8, 4) is 0 Å². The van der Waals surface area contributed by atoms with Crippen LogP contribution in [0.4, 0.5) is 4.79 Å². The molecule has 16 heavy (non-hydrogen) atoms. The highest BCUT2D eigenvalue weighted by atomic mass is 16.5. The zero-order valence-corrected chi connectivity index (χ0v) is 9.56. The van der Waals surface area contributed by atoms with Crippen LogP contribution in [0.25, 0.3) is 0 Å². The van der Waals surface area contributed by atoms with Crippen molar-refractivity contribution in [3.05, 3.63) is 12.3 Å². The number of hydrogen-bond acceptors (Lipinski definition) is 4. The van der Waals surface area contributed by atoms with Crippen molar-refractivity contribution >= 4 is 11.9 Å². The van der Waals surface area contributed by atoms with Crippen LogP contribution in [-0.2, 0) is 4.74 Å². The minimum absolute atomic E-state index is 0.228. The molecule has 0 saturated heterocycles. The van der Waals surface area contributed by atoms with Crippen molar-refractivity contribution in [2.45, 2.75) is 26.4 Å². The zero-order chi connectivity index (χ0) is 12.0. The Morgan fingerprint density at radius 2 is 2.25 bits per heavy atom. The molecule has 0 aromatic carbocycles. The van der Waals surface area contributed by atoms with E-state index in [2.05, 4.69) is 27.1 Å². The number of nitrogens with zero attached hydrogens (tertiary/aromatic N) is 3. The van der Waals surface area contributed by atoms with Crippen molar-refractivity contribution in [1.82, 2.24) is 5.32 Å². The summed E-state index contributed by atoms with van der Waals surface area (Å²) in [6.07, 6.45) is 1.02. The highest BCUT2D eigenvalue weighted by Gasteiger charge is 2.13. The Bertz CT molecular complexity index is 334. The van der Waals surface area contributed by atoms with Gasteiger partial charge in [0.2, 0.25) is 0 Å². The van der Waals surface area contributed by atoms with Gasteiger partial charge < -0.3 is 4.74 Å². The standard InChI is InChI=1S/C10H16N4O2/c1-7(2)16-6-4-5-11-9-8(3)13-14-10(15)12-9/h7H,3-6H2,1-2H3,(H,11,12,15). The Morgan fingerprint density at radius 3 is 2.94 bits per heavy atom. The van der Waals surface area contributed by atoms with Crippen LogP contribution in [0, 0.1) is 0 Å². The number of hydrogen-bond donors (Lipinski definition) is 1. The molecule has 2 amide bonds. The van der Waals surface area contributed by atoms with E-state index in [0.717, 1.165) is 6.42 Å². The lowest BCUT2D eigenvalue weighted by atomic mass is 10.4. The lowest BCUT2D eigenvalue weighted by Gasteiger charge is -2.09. The second kappa shape index (κ2) is 6.12. The van der Waals surface area contributed by atoms with Gasteiger partial charge in [0.05, 0.1) is 6.10 Å². The number of aliphatic imine (C=N–C) groups is 1. The second-order valence-corrected chi connectivity index (χ2v) is 3.58. The Balaban J connectivity index is 2.31. The summed E-state index contributed by atoms with van der Waals surface area (Å²) in [6.45, 7) is 8.80. The molecule has 1 N–H and O–H groups in total. The summed E-state index contributed by atoms with van der Waals surface area (Å²) in [7, 11) is 0. The number of urea groups is 1. The van der Waals surface area contributed by atoms with Gasteiger partial charge in [0.15, 0.2) is 5.84 Å². The Morgan fingerprint density at radius 1 is 1.50 bits per heavy atom. The molecule has 0 atom stereocenters. The average Bonchev–Trinajstić information content (AvgIpc) is 2.22. The molecule has 0 fully saturated rings. The van der Waals surface area contributed by atoms with E-state index in [-0.39, 0.29) is 6.10 Å². The van der Waals surface area contributed by atoms with Gasteiger partial charge in [0.25, 0.3) is 0 Å². The van der Waals surface area contributed by atoms with E-state index in [9.17, 15) is 4.79 Å². The number of amidine groups is 1. The smallest absolute Gasteiger partial charge is 0.365 e. The molecular weight excluding hydrogens is 208 g/mol. The highest BCUT2D eigenvalue weighted by molar-refractivity contribution is 6.08. The fourth-order valence-corrected chi connectivity index (χ4v) is 1.06. The third-order valence-corrected chi connectivity index (χ3v) is 1.78. The molecule has 1 rings (SSSR count). The maximum atomic E-state index is 10.9. The molecule has 1 aliphatic rings. The van der Waals surface area contributed by atoms with E-state index in [1.54, 1.807) is 0 Å².